The van der Waals surface area contributed by atoms with Crippen LogP contribution >= 0.6 is 0 Å². The molecule has 1 radical (unpaired) electrons. The van der Waals surface area contributed by atoms with E-state index in [1.54, 1.807) is 30.3 Å². The van der Waals surface area contributed by atoms with Gasteiger partial charge in [-0.1, -0.05) is 44.4 Å². The maximum atomic E-state index is 12.1. The Bertz CT molecular complexity index is 452. The highest BCUT2D eigenvalue weighted by molar-refractivity contribution is 7.89. The Morgan fingerprint density at radius 3 is 2.28 bits per heavy atom. The van der Waals surface area contributed by atoms with Crippen molar-refractivity contribution in [3.63, 3.8) is 0 Å². The lowest BCUT2D eigenvalue weighted by atomic mass is 9.98. The van der Waals surface area contributed by atoms with Crippen LogP contribution in [-0.2, 0) is 10.0 Å². The molecule has 0 heterocycles. The standard InChI is InChI=1S/C14H22NO2S/c1-4-5-9-12-14(2,3)15-18(16,17)13-10-7-6-8-11-13/h6-8,10-11H,4-5,9,12H2,1-3H3. The van der Waals surface area contributed by atoms with Crippen LogP contribution in [0.4, 0.5) is 0 Å². The summed E-state index contributed by atoms with van der Waals surface area (Å²) in [6, 6.07) is 8.40. The van der Waals surface area contributed by atoms with E-state index < -0.39 is 15.6 Å². The molecule has 0 atom stereocenters. The smallest absolute Gasteiger partial charge is 0.206 e. The van der Waals surface area contributed by atoms with Crippen molar-refractivity contribution in [2.75, 3.05) is 0 Å². The summed E-state index contributed by atoms with van der Waals surface area (Å²) in [4.78, 5) is 0.272. The molecule has 0 spiro atoms. The second-order valence-electron chi connectivity index (χ2n) is 5.15. The third-order valence-corrected chi connectivity index (χ3v) is 4.40. The number of rotatable bonds is 7. The molecule has 101 valence electrons. The number of hydrogen-bond donors (Lipinski definition) is 0. The van der Waals surface area contributed by atoms with Crippen LogP contribution in [-0.4, -0.2) is 14.0 Å². The van der Waals surface area contributed by atoms with Crippen LogP contribution in [0.15, 0.2) is 35.2 Å². The lowest BCUT2D eigenvalue weighted by molar-refractivity contribution is 0.398. The number of benzene rings is 1. The average molecular weight is 268 g/mol. The SMILES string of the molecule is CCCCCC(C)(C)[N]S(=O)(=O)c1ccccc1. The van der Waals surface area contributed by atoms with Gasteiger partial charge in [-0.05, 0) is 32.4 Å². The lowest BCUT2D eigenvalue weighted by Crippen LogP contribution is -2.37. The molecule has 4 heteroatoms. The van der Waals surface area contributed by atoms with Gasteiger partial charge in [-0.25, -0.2) is 8.42 Å². The fraction of sp³-hybridized carbons (Fsp3) is 0.571. The lowest BCUT2D eigenvalue weighted by Gasteiger charge is -2.23. The maximum Gasteiger partial charge on any atom is 0.257 e. The Morgan fingerprint density at radius 1 is 1.11 bits per heavy atom. The van der Waals surface area contributed by atoms with Crippen molar-refractivity contribution < 1.29 is 8.42 Å². The number of sulfonamides is 1. The van der Waals surface area contributed by atoms with Crippen molar-refractivity contribution in [1.29, 1.82) is 0 Å². The zero-order valence-electron chi connectivity index (χ0n) is 11.4. The van der Waals surface area contributed by atoms with Gasteiger partial charge in [0.25, 0.3) is 10.0 Å². The molecule has 0 unspecified atom stereocenters. The first-order valence-electron chi connectivity index (χ1n) is 6.41. The van der Waals surface area contributed by atoms with Gasteiger partial charge in [-0.2, -0.15) is 0 Å². The van der Waals surface area contributed by atoms with Crippen molar-refractivity contribution in [2.45, 2.75) is 56.9 Å². The second-order valence-corrected chi connectivity index (χ2v) is 6.75. The molecular weight excluding hydrogens is 246 g/mol. The van der Waals surface area contributed by atoms with E-state index in [0.717, 1.165) is 25.7 Å². The first-order chi connectivity index (χ1) is 8.37. The molecule has 0 fully saturated rings. The zero-order valence-corrected chi connectivity index (χ0v) is 12.2. The van der Waals surface area contributed by atoms with Gasteiger partial charge >= 0.3 is 0 Å². The fourth-order valence-corrected chi connectivity index (χ4v) is 3.17. The summed E-state index contributed by atoms with van der Waals surface area (Å²) in [5.41, 5.74) is -0.524. The van der Waals surface area contributed by atoms with Crippen LogP contribution in [0.1, 0.15) is 46.5 Å². The van der Waals surface area contributed by atoms with Crippen LogP contribution in [0, 0.1) is 0 Å². The highest BCUT2D eigenvalue weighted by Crippen LogP contribution is 2.20. The van der Waals surface area contributed by atoms with E-state index in [1.807, 2.05) is 13.8 Å². The Labute approximate surface area is 111 Å². The number of hydrogen-bond acceptors (Lipinski definition) is 2. The van der Waals surface area contributed by atoms with E-state index >= 15 is 0 Å². The molecule has 0 bridgehead atoms. The topological polar surface area (TPSA) is 48.2 Å². The summed E-state index contributed by atoms with van der Waals surface area (Å²) < 4.78 is 28.3. The third kappa shape index (κ3) is 4.78. The molecule has 1 aromatic rings. The third-order valence-electron chi connectivity index (χ3n) is 2.80. The van der Waals surface area contributed by atoms with Crippen LogP contribution in [0.5, 0.6) is 0 Å². The molecular formula is C14H22NO2S. The van der Waals surface area contributed by atoms with Crippen molar-refractivity contribution in [2.24, 2.45) is 0 Å². The maximum absolute atomic E-state index is 12.1. The molecule has 1 rings (SSSR count). The largest absolute Gasteiger partial charge is 0.257 e. The van der Waals surface area contributed by atoms with Crippen LogP contribution in [0.25, 0.3) is 0 Å². The van der Waals surface area contributed by atoms with Gasteiger partial charge in [0.05, 0.1) is 4.90 Å². The van der Waals surface area contributed by atoms with E-state index in [-0.39, 0.29) is 4.90 Å². The van der Waals surface area contributed by atoms with Crippen molar-refractivity contribution in [1.82, 2.24) is 4.72 Å². The second kappa shape index (κ2) is 6.34. The summed E-state index contributed by atoms with van der Waals surface area (Å²) in [7, 11) is -3.53. The highest BCUT2D eigenvalue weighted by Gasteiger charge is 2.27. The highest BCUT2D eigenvalue weighted by atomic mass is 32.2. The predicted molar refractivity (Wildman–Crippen MR) is 74.0 cm³/mol. The minimum Gasteiger partial charge on any atom is -0.206 e. The first-order valence-corrected chi connectivity index (χ1v) is 7.86. The quantitative estimate of drug-likeness (QED) is 0.712. The van der Waals surface area contributed by atoms with Crippen LogP contribution < -0.4 is 4.72 Å². The first kappa shape index (κ1) is 15.2. The minimum absolute atomic E-state index is 0.272. The average Bonchev–Trinajstić information content (AvgIpc) is 2.29. The normalized spacial score (nSPS) is 12.6. The van der Waals surface area contributed by atoms with E-state index in [2.05, 4.69) is 11.6 Å². The Kier molecular flexibility index (Phi) is 5.35. The molecule has 0 aliphatic carbocycles. The van der Waals surface area contributed by atoms with Gasteiger partial charge < -0.3 is 0 Å². The molecule has 0 aliphatic rings. The van der Waals surface area contributed by atoms with Crippen LogP contribution in [0.2, 0.25) is 0 Å². The van der Waals surface area contributed by atoms with Crippen molar-refractivity contribution in [3.05, 3.63) is 30.3 Å². The van der Waals surface area contributed by atoms with Crippen LogP contribution in [0.3, 0.4) is 0 Å². The molecule has 0 N–H and O–H groups in total. The minimum atomic E-state index is -3.53. The van der Waals surface area contributed by atoms with E-state index in [9.17, 15) is 8.42 Å². The monoisotopic (exact) mass is 268 g/mol. The molecule has 18 heavy (non-hydrogen) atoms. The van der Waals surface area contributed by atoms with Crippen molar-refractivity contribution in [3.8, 4) is 0 Å². The van der Waals surface area contributed by atoms with Gasteiger partial charge in [-0.15, -0.1) is 4.72 Å². The Balaban J connectivity index is 2.71. The van der Waals surface area contributed by atoms with Gasteiger partial charge in [0.1, 0.15) is 0 Å². The van der Waals surface area contributed by atoms with Crippen molar-refractivity contribution >= 4 is 10.0 Å². The summed E-state index contributed by atoms with van der Waals surface area (Å²) in [5.74, 6) is 0. The summed E-state index contributed by atoms with van der Waals surface area (Å²) in [5, 5.41) is 0. The van der Waals surface area contributed by atoms with E-state index in [0.29, 0.717) is 0 Å². The summed E-state index contributed by atoms with van der Waals surface area (Å²) in [6.07, 6.45) is 4.05. The molecule has 0 aliphatic heterocycles. The number of unbranched alkanes of at least 4 members (excludes halogenated alkanes) is 2. The van der Waals surface area contributed by atoms with Gasteiger partial charge in [-0.3, -0.25) is 0 Å². The van der Waals surface area contributed by atoms with E-state index in [1.165, 1.54) is 0 Å². The van der Waals surface area contributed by atoms with Gasteiger partial charge in [0.15, 0.2) is 0 Å². The summed E-state index contributed by atoms with van der Waals surface area (Å²) in [6.45, 7) is 5.89. The molecule has 0 saturated carbocycles. The van der Waals surface area contributed by atoms with Gasteiger partial charge in [0.2, 0.25) is 0 Å². The molecule has 0 amide bonds. The molecule has 0 saturated heterocycles. The number of nitrogens with zero attached hydrogens (tertiary/aromatic N) is 1. The molecule has 3 nitrogen and oxygen atoms in total. The van der Waals surface area contributed by atoms with Gasteiger partial charge in [0, 0.05) is 5.54 Å². The fourth-order valence-electron chi connectivity index (χ4n) is 1.82. The predicted octanol–water partition coefficient (Wildman–Crippen LogP) is 3.34. The Morgan fingerprint density at radius 2 is 1.72 bits per heavy atom. The zero-order chi connectivity index (χ0) is 13.6. The molecule has 1 aromatic carbocycles. The summed E-state index contributed by atoms with van der Waals surface area (Å²) >= 11 is 0. The Hall–Kier alpha value is -0.870. The van der Waals surface area contributed by atoms with E-state index in [4.69, 9.17) is 0 Å². The molecule has 0 aromatic heterocycles.